The Labute approximate surface area is 102 Å². The third kappa shape index (κ3) is 3.19. The van der Waals surface area contributed by atoms with Gasteiger partial charge in [0.25, 0.3) is 0 Å². The molecule has 2 atom stereocenters. The number of hydrogen-bond donors (Lipinski definition) is 2. The zero-order chi connectivity index (χ0) is 12.4. The van der Waals surface area contributed by atoms with Gasteiger partial charge in [0.05, 0.1) is 12.6 Å². The Morgan fingerprint density at radius 2 is 2.06 bits per heavy atom. The first kappa shape index (κ1) is 12.4. The van der Waals surface area contributed by atoms with Gasteiger partial charge in [0, 0.05) is 13.1 Å². The Morgan fingerprint density at radius 1 is 1.35 bits per heavy atom. The van der Waals surface area contributed by atoms with Gasteiger partial charge in [0.2, 0.25) is 11.8 Å². The van der Waals surface area contributed by atoms with E-state index in [1.54, 1.807) is 7.05 Å². The molecule has 5 heteroatoms. The van der Waals surface area contributed by atoms with E-state index in [0.29, 0.717) is 12.0 Å². The fourth-order valence-corrected chi connectivity index (χ4v) is 2.20. The summed E-state index contributed by atoms with van der Waals surface area (Å²) >= 11 is 0. The molecule has 96 valence electrons. The van der Waals surface area contributed by atoms with Crippen LogP contribution in [0.5, 0.6) is 0 Å². The van der Waals surface area contributed by atoms with Gasteiger partial charge in [0.1, 0.15) is 0 Å². The molecule has 2 aliphatic rings. The summed E-state index contributed by atoms with van der Waals surface area (Å²) in [5, 5.41) is 6.08. The van der Waals surface area contributed by atoms with Crippen LogP contribution < -0.4 is 10.6 Å². The zero-order valence-electron chi connectivity index (χ0n) is 10.5. The van der Waals surface area contributed by atoms with Crippen molar-refractivity contribution in [2.45, 2.75) is 38.3 Å². The Morgan fingerprint density at radius 3 is 2.59 bits per heavy atom. The smallest absolute Gasteiger partial charge is 0.240 e. The first-order chi connectivity index (χ1) is 8.08. The van der Waals surface area contributed by atoms with E-state index < -0.39 is 0 Å². The molecular formula is C12H21N3O2. The third-order valence-corrected chi connectivity index (χ3v) is 3.50. The number of likely N-dealkylation sites (N-methyl/N-ethyl adjacent to an activating group) is 1. The summed E-state index contributed by atoms with van der Waals surface area (Å²) in [4.78, 5) is 25.2. The summed E-state index contributed by atoms with van der Waals surface area (Å²) in [5.74, 6) is 0.339. The van der Waals surface area contributed by atoms with E-state index in [1.807, 2.05) is 0 Å². The highest BCUT2D eigenvalue weighted by Crippen LogP contribution is 2.18. The molecule has 1 saturated carbocycles. The average Bonchev–Trinajstić information content (AvgIpc) is 2.97. The Balaban J connectivity index is 1.79. The molecule has 2 rings (SSSR count). The van der Waals surface area contributed by atoms with E-state index in [0.717, 1.165) is 25.8 Å². The van der Waals surface area contributed by atoms with Crippen LogP contribution >= 0.6 is 0 Å². The summed E-state index contributed by atoms with van der Waals surface area (Å²) in [6, 6.07) is 0.239. The Bertz CT molecular complexity index is 315. The molecule has 0 radical (unpaired) electrons. The highest BCUT2D eigenvalue weighted by Gasteiger charge is 2.32. The number of hydrogen-bond acceptors (Lipinski definition) is 3. The van der Waals surface area contributed by atoms with Gasteiger partial charge in [-0.1, -0.05) is 6.92 Å². The van der Waals surface area contributed by atoms with E-state index in [4.69, 9.17) is 0 Å². The lowest BCUT2D eigenvalue weighted by Gasteiger charge is -2.23. The van der Waals surface area contributed by atoms with Crippen molar-refractivity contribution in [2.24, 2.45) is 5.92 Å². The second kappa shape index (κ2) is 5.04. The first-order valence-corrected chi connectivity index (χ1v) is 6.35. The molecule has 1 aliphatic heterocycles. The van der Waals surface area contributed by atoms with Gasteiger partial charge in [-0.2, -0.15) is 0 Å². The van der Waals surface area contributed by atoms with Crippen LogP contribution in [0.1, 0.15) is 26.2 Å². The number of amides is 2. The molecular weight excluding hydrogens is 218 g/mol. The van der Waals surface area contributed by atoms with Crippen molar-refractivity contribution in [3.8, 4) is 0 Å². The standard InChI is InChI=1S/C12H21N3O2/c1-8-5-6-13-11(8)12(17)15(2)7-10(16)14-9-3-4-9/h8-9,11,13H,3-7H2,1-2H3,(H,14,16). The maximum atomic E-state index is 12.1. The number of rotatable bonds is 4. The van der Waals surface area contributed by atoms with Crippen LogP contribution in [-0.4, -0.2) is 48.9 Å². The molecule has 1 saturated heterocycles. The largest absolute Gasteiger partial charge is 0.352 e. The van der Waals surface area contributed by atoms with E-state index in [-0.39, 0.29) is 24.4 Å². The highest BCUT2D eigenvalue weighted by molar-refractivity contribution is 5.87. The van der Waals surface area contributed by atoms with Crippen molar-refractivity contribution in [2.75, 3.05) is 20.1 Å². The molecule has 2 N–H and O–H groups in total. The Kier molecular flexibility index (Phi) is 3.66. The third-order valence-electron chi connectivity index (χ3n) is 3.50. The molecule has 1 aliphatic carbocycles. The Hall–Kier alpha value is -1.10. The van der Waals surface area contributed by atoms with Crippen molar-refractivity contribution >= 4 is 11.8 Å². The lowest BCUT2D eigenvalue weighted by Crippen LogP contribution is -2.47. The minimum absolute atomic E-state index is 0.0287. The van der Waals surface area contributed by atoms with Crippen LogP contribution in [0.3, 0.4) is 0 Å². The fourth-order valence-electron chi connectivity index (χ4n) is 2.20. The number of carbonyl (C=O) groups excluding carboxylic acids is 2. The van der Waals surface area contributed by atoms with Crippen molar-refractivity contribution in [3.63, 3.8) is 0 Å². The summed E-state index contributed by atoms with van der Waals surface area (Å²) in [7, 11) is 1.70. The number of carbonyl (C=O) groups is 2. The molecule has 1 heterocycles. The predicted octanol–water partition coefficient (Wildman–Crippen LogP) is -0.279. The zero-order valence-corrected chi connectivity index (χ0v) is 10.5. The molecule has 0 aromatic carbocycles. The van der Waals surface area contributed by atoms with Crippen LogP contribution in [-0.2, 0) is 9.59 Å². The second-order valence-corrected chi connectivity index (χ2v) is 5.23. The van der Waals surface area contributed by atoms with Crippen LogP contribution in [0.2, 0.25) is 0 Å². The van der Waals surface area contributed by atoms with Gasteiger partial charge < -0.3 is 15.5 Å². The molecule has 5 nitrogen and oxygen atoms in total. The summed E-state index contributed by atoms with van der Waals surface area (Å²) in [6.45, 7) is 3.13. The van der Waals surface area contributed by atoms with Gasteiger partial charge in [-0.15, -0.1) is 0 Å². The normalized spacial score (nSPS) is 27.9. The van der Waals surface area contributed by atoms with E-state index in [2.05, 4.69) is 17.6 Å². The molecule has 2 amide bonds. The molecule has 0 bridgehead atoms. The summed E-state index contributed by atoms with van der Waals surface area (Å²) in [6.07, 6.45) is 3.17. The lowest BCUT2D eigenvalue weighted by atomic mass is 10.0. The maximum Gasteiger partial charge on any atom is 0.240 e. The average molecular weight is 239 g/mol. The number of nitrogens with zero attached hydrogens (tertiary/aromatic N) is 1. The summed E-state index contributed by atoms with van der Waals surface area (Å²) in [5.41, 5.74) is 0. The van der Waals surface area contributed by atoms with Crippen molar-refractivity contribution in [3.05, 3.63) is 0 Å². The minimum atomic E-state index is -0.117. The van der Waals surface area contributed by atoms with E-state index >= 15 is 0 Å². The molecule has 0 spiro atoms. The lowest BCUT2D eigenvalue weighted by molar-refractivity contribution is -0.136. The molecule has 17 heavy (non-hydrogen) atoms. The van der Waals surface area contributed by atoms with Crippen molar-refractivity contribution < 1.29 is 9.59 Å². The first-order valence-electron chi connectivity index (χ1n) is 6.35. The molecule has 2 unspecified atom stereocenters. The van der Waals surface area contributed by atoms with E-state index in [1.165, 1.54) is 4.90 Å². The maximum absolute atomic E-state index is 12.1. The van der Waals surface area contributed by atoms with Crippen LogP contribution in [0.4, 0.5) is 0 Å². The SMILES string of the molecule is CC1CCNC1C(=O)N(C)CC(=O)NC1CC1. The van der Waals surface area contributed by atoms with E-state index in [9.17, 15) is 9.59 Å². The van der Waals surface area contributed by atoms with Crippen LogP contribution in [0.15, 0.2) is 0 Å². The minimum Gasteiger partial charge on any atom is -0.352 e. The predicted molar refractivity (Wildman–Crippen MR) is 64.4 cm³/mol. The second-order valence-electron chi connectivity index (χ2n) is 5.23. The van der Waals surface area contributed by atoms with Gasteiger partial charge in [0.15, 0.2) is 0 Å². The number of nitrogens with one attached hydrogen (secondary N) is 2. The quantitative estimate of drug-likeness (QED) is 0.709. The van der Waals surface area contributed by atoms with Crippen LogP contribution in [0.25, 0.3) is 0 Å². The van der Waals surface area contributed by atoms with Crippen molar-refractivity contribution in [1.29, 1.82) is 0 Å². The van der Waals surface area contributed by atoms with Gasteiger partial charge in [-0.05, 0) is 31.7 Å². The van der Waals surface area contributed by atoms with Gasteiger partial charge in [-0.25, -0.2) is 0 Å². The molecule has 0 aromatic rings. The molecule has 0 aromatic heterocycles. The highest BCUT2D eigenvalue weighted by atomic mass is 16.2. The fraction of sp³-hybridized carbons (Fsp3) is 0.833. The molecule has 2 fully saturated rings. The van der Waals surface area contributed by atoms with Gasteiger partial charge >= 0.3 is 0 Å². The van der Waals surface area contributed by atoms with Gasteiger partial charge in [-0.3, -0.25) is 9.59 Å². The summed E-state index contributed by atoms with van der Waals surface area (Å²) < 4.78 is 0. The monoisotopic (exact) mass is 239 g/mol. The topological polar surface area (TPSA) is 61.4 Å². The van der Waals surface area contributed by atoms with Crippen molar-refractivity contribution in [1.82, 2.24) is 15.5 Å². The van der Waals surface area contributed by atoms with Crippen LogP contribution in [0, 0.1) is 5.92 Å².